The summed E-state index contributed by atoms with van der Waals surface area (Å²) in [4.78, 5) is 34.8. The van der Waals surface area contributed by atoms with Gasteiger partial charge in [0.2, 0.25) is 5.91 Å². The number of nitrogens with zero attached hydrogens (tertiary/aromatic N) is 3. The van der Waals surface area contributed by atoms with E-state index in [9.17, 15) is 19.8 Å². The maximum absolute atomic E-state index is 12.4. The second-order valence-corrected chi connectivity index (χ2v) is 8.76. The molecule has 2 aliphatic rings. The van der Waals surface area contributed by atoms with Gasteiger partial charge in [-0.05, 0) is 19.1 Å². The Kier molecular flexibility index (Phi) is 4.53. The molecule has 0 aromatic carbocycles. The Morgan fingerprint density at radius 3 is 2.85 bits per heavy atom. The maximum Gasteiger partial charge on any atom is 0.353 e. The Hall–Kier alpha value is -2.23. The molecule has 7 nitrogen and oxygen atoms in total. The molecule has 9 heteroatoms. The predicted molar refractivity (Wildman–Crippen MR) is 101 cm³/mol. The number of thioether (sulfide) groups is 1. The molecule has 4 heterocycles. The topological polar surface area (TPSA) is 104 Å². The Labute approximate surface area is 163 Å². The molecular formula is C18H17N3O4S2. The third-order valence-corrected chi connectivity index (χ3v) is 7.17. The number of hydrogen-bond acceptors (Lipinski definition) is 7. The fourth-order valence-corrected chi connectivity index (χ4v) is 5.80. The van der Waals surface area contributed by atoms with Crippen molar-refractivity contribution in [2.45, 2.75) is 30.3 Å². The number of aliphatic carboxylic acids is 1. The number of aliphatic hydroxyl groups is 1. The lowest BCUT2D eigenvalue weighted by Gasteiger charge is -2.46. The van der Waals surface area contributed by atoms with Gasteiger partial charge in [0.1, 0.15) is 5.70 Å². The van der Waals surface area contributed by atoms with Gasteiger partial charge in [-0.25, -0.2) is 9.78 Å². The van der Waals surface area contributed by atoms with Gasteiger partial charge in [0.25, 0.3) is 0 Å². The van der Waals surface area contributed by atoms with Crippen LogP contribution in [0.25, 0.3) is 11.3 Å². The molecule has 0 radical (unpaired) electrons. The second-order valence-electron chi connectivity index (χ2n) is 6.61. The van der Waals surface area contributed by atoms with Crippen LogP contribution in [0.1, 0.15) is 13.8 Å². The zero-order chi connectivity index (χ0) is 19.3. The Morgan fingerprint density at radius 1 is 1.44 bits per heavy atom. The lowest BCUT2D eigenvalue weighted by Crippen LogP contribution is -2.63. The number of pyridine rings is 1. The predicted octanol–water partition coefficient (Wildman–Crippen LogP) is 2.45. The van der Waals surface area contributed by atoms with Gasteiger partial charge in [-0.2, -0.15) is 0 Å². The molecule has 27 heavy (non-hydrogen) atoms. The third kappa shape index (κ3) is 2.86. The SMILES string of the molecule is CC(O)[C@H]1C(=O)N2C(C(=O)O)=C(Sc3nc(-c4cccnc4)cs3)[C@H](C)[C@H]12. The smallest absolute Gasteiger partial charge is 0.353 e. The minimum atomic E-state index is -1.13. The maximum atomic E-state index is 12.4. The first-order chi connectivity index (χ1) is 12.9. The Bertz CT molecular complexity index is 941. The molecule has 0 bridgehead atoms. The molecular weight excluding hydrogens is 386 g/mol. The van der Waals surface area contributed by atoms with Crippen molar-refractivity contribution in [2.24, 2.45) is 11.8 Å². The molecule has 0 spiro atoms. The molecule has 1 amide bonds. The van der Waals surface area contributed by atoms with E-state index in [1.165, 1.54) is 28.0 Å². The molecule has 0 aliphatic carbocycles. The number of amides is 1. The zero-order valence-electron chi connectivity index (χ0n) is 14.6. The second kappa shape index (κ2) is 6.74. The van der Waals surface area contributed by atoms with Crippen LogP contribution in [-0.2, 0) is 9.59 Å². The van der Waals surface area contributed by atoms with Crippen molar-refractivity contribution in [1.29, 1.82) is 0 Å². The van der Waals surface area contributed by atoms with Crippen LogP contribution in [0.5, 0.6) is 0 Å². The van der Waals surface area contributed by atoms with E-state index in [-0.39, 0.29) is 23.6 Å². The van der Waals surface area contributed by atoms with Crippen LogP contribution in [0.15, 0.2) is 44.8 Å². The highest BCUT2D eigenvalue weighted by atomic mass is 32.2. The van der Waals surface area contributed by atoms with Crippen LogP contribution in [-0.4, -0.2) is 49.1 Å². The number of carboxylic acids is 1. The summed E-state index contributed by atoms with van der Waals surface area (Å²) in [7, 11) is 0. The van der Waals surface area contributed by atoms with Crippen molar-refractivity contribution in [2.75, 3.05) is 0 Å². The lowest BCUT2D eigenvalue weighted by molar-refractivity contribution is -0.163. The molecule has 2 N–H and O–H groups in total. The van der Waals surface area contributed by atoms with Crippen LogP contribution >= 0.6 is 23.1 Å². The van der Waals surface area contributed by atoms with Crippen molar-refractivity contribution < 1.29 is 19.8 Å². The summed E-state index contributed by atoms with van der Waals surface area (Å²) >= 11 is 2.71. The molecule has 1 fully saturated rings. The van der Waals surface area contributed by atoms with E-state index in [0.717, 1.165) is 11.3 Å². The fraction of sp³-hybridized carbons (Fsp3) is 0.333. The summed E-state index contributed by atoms with van der Waals surface area (Å²) in [5.41, 5.74) is 1.68. The number of carboxylic acid groups (broad SMARTS) is 1. The largest absolute Gasteiger partial charge is 0.477 e. The molecule has 2 aliphatic heterocycles. The van der Waals surface area contributed by atoms with Crippen LogP contribution in [0.4, 0.5) is 0 Å². The van der Waals surface area contributed by atoms with E-state index in [1.807, 2.05) is 24.4 Å². The van der Waals surface area contributed by atoms with Gasteiger partial charge in [-0.3, -0.25) is 9.78 Å². The van der Waals surface area contributed by atoms with Gasteiger partial charge in [-0.15, -0.1) is 11.3 Å². The van der Waals surface area contributed by atoms with Gasteiger partial charge in [0.15, 0.2) is 4.34 Å². The van der Waals surface area contributed by atoms with E-state index < -0.39 is 18.0 Å². The van der Waals surface area contributed by atoms with Crippen molar-refractivity contribution >= 4 is 35.0 Å². The molecule has 1 saturated heterocycles. The number of thiazole rings is 1. The monoisotopic (exact) mass is 403 g/mol. The molecule has 4 rings (SSSR count). The molecule has 1 unspecified atom stereocenters. The van der Waals surface area contributed by atoms with E-state index in [0.29, 0.717) is 9.24 Å². The van der Waals surface area contributed by atoms with Crippen LogP contribution in [0, 0.1) is 11.8 Å². The number of aromatic nitrogens is 2. The minimum absolute atomic E-state index is 0.0116. The first-order valence-corrected chi connectivity index (χ1v) is 10.1. The number of aliphatic hydroxyl groups excluding tert-OH is 1. The zero-order valence-corrected chi connectivity index (χ0v) is 16.2. The van der Waals surface area contributed by atoms with Gasteiger partial charge in [-0.1, -0.05) is 18.7 Å². The summed E-state index contributed by atoms with van der Waals surface area (Å²) in [5.74, 6) is -2.20. The van der Waals surface area contributed by atoms with Crippen molar-refractivity contribution in [3.05, 3.63) is 40.5 Å². The average molecular weight is 403 g/mol. The lowest BCUT2D eigenvalue weighted by atomic mass is 9.79. The number of carbonyl (C=O) groups is 2. The van der Waals surface area contributed by atoms with E-state index in [4.69, 9.17) is 0 Å². The van der Waals surface area contributed by atoms with Crippen molar-refractivity contribution in [3.8, 4) is 11.3 Å². The molecule has 0 saturated carbocycles. The van der Waals surface area contributed by atoms with Crippen LogP contribution in [0.2, 0.25) is 0 Å². The van der Waals surface area contributed by atoms with E-state index >= 15 is 0 Å². The van der Waals surface area contributed by atoms with Gasteiger partial charge >= 0.3 is 5.97 Å². The van der Waals surface area contributed by atoms with Gasteiger partial charge in [0, 0.05) is 34.2 Å². The quantitative estimate of drug-likeness (QED) is 0.739. The standard InChI is InChI=1S/C18H17N3O4S2/c1-8-13-12(9(2)22)16(23)21(13)14(17(24)25)15(8)27-18-20-11(7-26-18)10-4-3-5-19-6-10/h3-9,12-13,22H,1-2H3,(H,24,25)/t8-,9?,12-,13-/m1/s1. The van der Waals surface area contributed by atoms with Crippen LogP contribution < -0.4 is 0 Å². The average Bonchev–Trinajstić information content (AvgIpc) is 3.18. The van der Waals surface area contributed by atoms with Crippen molar-refractivity contribution in [1.82, 2.24) is 14.9 Å². The van der Waals surface area contributed by atoms with Crippen molar-refractivity contribution in [3.63, 3.8) is 0 Å². The first-order valence-electron chi connectivity index (χ1n) is 8.42. The number of fused-ring (bicyclic) bond motifs is 1. The van der Waals surface area contributed by atoms with E-state index in [2.05, 4.69) is 9.97 Å². The highest BCUT2D eigenvalue weighted by Gasteiger charge is 2.60. The molecule has 2 aromatic heterocycles. The fourth-order valence-electron chi connectivity index (χ4n) is 3.70. The molecule has 140 valence electrons. The van der Waals surface area contributed by atoms with E-state index in [1.54, 1.807) is 19.3 Å². The van der Waals surface area contributed by atoms with Crippen LogP contribution in [0.3, 0.4) is 0 Å². The first kappa shape index (κ1) is 18.1. The number of β-lactam (4-membered cyclic amide) rings is 1. The summed E-state index contributed by atoms with van der Waals surface area (Å²) in [6, 6.07) is 3.43. The summed E-state index contributed by atoms with van der Waals surface area (Å²) in [6.45, 7) is 3.46. The normalized spacial score (nSPS) is 25.4. The highest BCUT2D eigenvalue weighted by Crippen LogP contribution is 2.52. The highest BCUT2D eigenvalue weighted by molar-refractivity contribution is 8.04. The molecule has 4 atom stereocenters. The summed E-state index contributed by atoms with van der Waals surface area (Å²) < 4.78 is 0.706. The minimum Gasteiger partial charge on any atom is -0.477 e. The van der Waals surface area contributed by atoms with Gasteiger partial charge in [0.05, 0.1) is 23.8 Å². The number of rotatable bonds is 5. The Balaban J connectivity index is 1.64. The number of carbonyl (C=O) groups excluding carboxylic acids is 1. The van der Waals surface area contributed by atoms with Gasteiger partial charge < -0.3 is 15.1 Å². The Morgan fingerprint density at radius 2 is 2.22 bits per heavy atom. The summed E-state index contributed by atoms with van der Waals surface area (Å²) in [6.07, 6.45) is 2.61. The summed E-state index contributed by atoms with van der Waals surface area (Å²) in [5, 5.41) is 21.5. The number of hydrogen-bond donors (Lipinski definition) is 2. The molecule has 2 aromatic rings. The third-order valence-electron chi connectivity index (χ3n) is 4.95.